The SMILES string of the molecule is CCOC(=O)CCC(=O)c1cccc(C)c1F. The van der Waals surface area contributed by atoms with Gasteiger partial charge in [-0.2, -0.15) is 0 Å². The molecule has 0 spiro atoms. The highest BCUT2D eigenvalue weighted by molar-refractivity contribution is 5.97. The first-order chi connectivity index (χ1) is 8.06. The molecular formula is C13H15FO3. The number of Topliss-reactive ketones (excluding diaryl/α,β-unsaturated/α-hetero) is 1. The van der Waals surface area contributed by atoms with E-state index in [0.717, 1.165) is 0 Å². The Morgan fingerprint density at radius 1 is 1.29 bits per heavy atom. The molecule has 0 unspecified atom stereocenters. The number of ketones is 1. The summed E-state index contributed by atoms with van der Waals surface area (Å²) in [4.78, 5) is 22.7. The van der Waals surface area contributed by atoms with Gasteiger partial charge in [0.1, 0.15) is 5.82 Å². The Morgan fingerprint density at radius 3 is 2.65 bits per heavy atom. The van der Waals surface area contributed by atoms with Gasteiger partial charge in [-0.25, -0.2) is 4.39 Å². The molecule has 0 aliphatic carbocycles. The molecule has 3 nitrogen and oxygen atoms in total. The zero-order chi connectivity index (χ0) is 12.8. The summed E-state index contributed by atoms with van der Waals surface area (Å²) in [7, 11) is 0. The van der Waals surface area contributed by atoms with E-state index in [1.807, 2.05) is 0 Å². The maximum absolute atomic E-state index is 13.6. The van der Waals surface area contributed by atoms with Crippen molar-refractivity contribution in [2.75, 3.05) is 6.61 Å². The van der Waals surface area contributed by atoms with Crippen molar-refractivity contribution < 1.29 is 18.7 Å². The summed E-state index contributed by atoms with van der Waals surface area (Å²) in [5.74, 6) is -1.32. The molecule has 0 aromatic heterocycles. The molecule has 0 saturated carbocycles. The van der Waals surface area contributed by atoms with Crippen LogP contribution in [0.5, 0.6) is 0 Å². The van der Waals surface area contributed by atoms with E-state index in [4.69, 9.17) is 4.74 Å². The third-order valence-electron chi connectivity index (χ3n) is 2.35. The summed E-state index contributed by atoms with van der Waals surface area (Å²) >= 11 is 0. The molecular weight excluding hydrogens is 223 g/mol. The van der Waals surface area contributed by atoms with Crippen LogP contribution in [0, 0.1) is 12.7 Å². The second-order valence-electron chi connectivity index (χ2n) is 3.66. The third-order valence-corrected chi connectivity index (χ3v) is 2.35. The van der Waals surface area contributed by atoms with Gasteiger partial charge in [0.2, 0.25) is 0 Å². The van der Waals surface area contributed by atoms with Crippen LogP contribution in [0.1, 0.15) is 35.7 Å². The first-order valence-corrected chi connectivity index (χ1v) is 5.50. The second-order valence-corrected chi connectivity index (χ2v) is 3.66. The van der Waals surface area contributed by atoms with Crippen molar-refractivity contribution in [1.82, 2.24) is 0 Å². The largest absolute Gasteiger partial charge is 0.466 e. The Labute approximate surface area is 99.6 Å². The number of benzene rings is 1. The van der Waals surface area contributed by atoms with Crippen LogP contribution in [0.15, 0.2) is 18.2 Å². The molecule has 0 fully saturated rings. The van der Waals surface area contributed by atoms with Crippen molar-refractivity contribution in [2.45, 2.75) is 26.7 Å². The van der Waals surface area contributed by atoms with Crippen LogP contribution in [-0.2, 0) is 9.53 Å². The highest BCUT2D eigenvalue weighted by atomic mass is 19.1. The summed E-state index contributed by atoms with van der Waals surface area (Å²) in [5, 5.41) is 0. The van der Waals surface area contributed by atoms with Crippen LogP contribution < -0.4 is 0 Å². The minimum Gasteiger partial charge on any atom is -0.466 e. The Balaban J connectivity index is 2.64. The molecule has 0 aliphatic rings. The van der Waals surface area contributed by atoms with E-state index in [1.165, 1.54) is 6.07 Å². The summed E-state index contributed by atoms with van der Waals surface area (Å²) in [6, 6.07) is 4.64. The third kappa shape index (κ3) is 3.66. The van der Waals surface area contributed by atoms with Gasteiger partial charge in [0, 0.05) is 6.42 Å². The zero-order valence-electron chi connectivity index (χ0n) is 9.96. The van der Waals surface area contributed by atoms with Gasteiger partial charge in [0.05, 0.1) is 18.6 Å². The van der Waals surface area contributed by atoms with Crippen LogP contribution >= 0.6 is 0 Å². The second kappa shape index (κ2) is 6.13. The Hall–Kier alpha value is -1.71. The number of ether oxygens (including phenoxy) is 1. The number of hydrogen-bond acceptors (Lipinski definition) is 3. The number of carbonyl (C=O) groups excluding carboxylic acids is 2. The minimum absolute atomic E-state index is 0.0138. The van der Waals surface area contributed by atoms with Gasteiger partial charge in [-0.15, -0.1) is 0 Å². The number of aryl methyl sites for hydroxylation is 1. The molecule has 1 aromatic rings. The van der Waals surface area contributed by atoms with Gasteiger partial charge in [-0.1, -0.05) is 12.1 Å². The summed E-state index contributed by atoms with van der Waals surface area (Å²) < 4.78 is 18.3. The van der Waals surface area contributed by atoms with Crippen LogP contribution in [0.2, 0.25) is 0 Å². The van der Waals surface area contributed by atoms with E-state index < -0.39 is 11.8 Å². The molecule has 0 bridgehead atoms. The number of carbonyl (C=O) groups is 2. The van der Waals surface area contributed by atoms with Crippen LogP contribution in [0.4, 0.5) is 4.39 Å². The van der Waals surface area contributed by atoms with Gasteiger partial charge < -0.3 is 4.74 Å². The molecule has 0 amide bonds. The average molecular weight is 238 g/mol. The van der Waals surface area contributed by atoms with Crippen molar-refractivity contribution in [3.05, 3.63) is 35.1 Å². The lowest BCUT2D eigenvalue weighted by atomic mass is 10.0. The van der Waals surface area contributed by atoms with Crippen LogP contribution in [0.25, 0.3) is 0 Å². The normalized spacial score (nSPS) is 10.1. The Morgan fingerprint density at radius 2 is 2.00 bits per heavy atom. The fourth-order valence-electron chi connectivity index (χ4n) is 1.45. The van der Waals surface area contributed by atoms with Crippen molar-refractivity contribution in [3.63, 3.8) is 0 Å². The topological polar surface area (TPSA) is 43.4 Å². The summed E-state index contributed by atoms with van der Waals surface area (Å²) in [5.41, 5.74) is 0.460. The van der Waals surface area contributed by atoms with Crippen molar-refractivity contribution in [1.29, 1.82) is 0 Å². The highest BCUT2D eigenvalue weighted by Gasteiger charge is 2.14. The van der Waals surface area contributed by atoms with Crippen molar-refractivity contribution >= 4 is 11.8 Å². The van der Waals surface area contributed by atoms with Crippen molar-refractivity contribution in [2.24, 2.45) is 0 Å². The minimum atomic E-state index is -0.513. The zero-order valence-corrected chi connectivity index (χ0v) is 9.96. The van der Waals surface area contributed by atoms with Gasteiger partial charge in [0.15, 0.2) is 5.78 Å². The molecule has 0 aliphatic heterocycles. The molecule has 1 rings (SSSR count). The van der Waals surface area contributed by atoms with E-state index in [1.54, 1.807) is 26.0 Å². The van der Waals surface area contributed by atoms with E-state index in [0.29, 0.717) is 5.56 Å². The molecule has 4 heteroatoms. The first-order valence-electron chi connectivity index (χ1n) is 5.50. The number of esters is 1. The fourth-order valence-corrected chi connectivity index (χ4v) is 1.45. The van der Waals surface area contributed by atoms with Gasteiger partial charge >= 0.3 is 5.97 Å². The highest BCUT2D eigenvalue weighted by Crippen LogP contribution is 2.14. The lowest BCUT2D eigenvalue weighted by Crippen LogP contribution is -2.09. The van der Waals surface area contributed by atoms with Gasteiger partial charge in [-0.3, -0.25) is 9.59 Å². The summed E-state index contributed by atoms with van der Waals surface area (Å²) in [6.07, 6.45) is -0.0424. The molecule has 0 saturated heterocycles. The van der Waals surface area contributed by atoms with E-state index in [9.17, 15) is 14.0 Å². The Kier molecular flexibility index (Phi) is 4.82. The molecule has 1 aromatic carbocycles. The molecule has 92 valence electrons. The monoisotopic (exact) mass is 238 g/mol. The van der Waals surface area contributed by atoms with E-state index in [2.05, 4.69) is 0 Å². The quantitative estimate of drug-likeness (QED) is 0.585. The van der Waals surface area contributed by atoms with Crippen LogP contribution in [0.3, 0.4) is 0 Å². The van der Waals surface area contributed by atoms with Crippen LogP contribution in [-0.4, -0.2) is 18.4 Å². The van der Waals surface area contributed by atoms with Gasteiger partial charge in [0.25, 0.3) is 0 Å². The standard InChI is InChI=1S/C13H15FO3/c1-3-17-12(16)8-7-11(15)10-6-4-5-9(2)13(10)14/h4-6H,3,7-8H2,1-2H3. The number of hydrogen-bond donors (Lipinski definition) is 0. The maximum Gasteiger partial charge on any atom is 0.306 e. The molecule has 0 heterocycles. The molecule has 17 heavy (non-hydrogen) atoms. The van der Waals surface area contributed by atoms with E-state index in [-0.39, 0.29) is 30.8 Å². The summed E-state index contributed by atoms with van der Waals surface area (Å²) in [6.45, 7) is 3.57. The van der Waals surface area contributed by atoms with Gasteiger partial charge in [-0.05, 0) is 25.5 Å². The fraction of sp³-hybridized carbons (Fsp3) is 0.385. The lowest BCUT2D eigenvalue weighted by molar-refractivity contribution is -0.143. The first kappa shape index (κ1) is 13.4. The Bertz CT molecular complexity index is 427. The predicted octanol–water partition coefficient (Wildman–Crippen LogP) is 2.66. The molecule has 0 N–H and O–H groups in total. The predicted molar refractivity (Wildman–Crippen MR) is 61.3 cm³/mol. The number of halogens is 1. The van der Waals surface area contributed by atoms with Crippen molar-refractivity contribution in [3.8, 4) is 0 Å². The molecule has 0 atom stereocenters. The lowest BCUT2D eigenvalue weighted by Gasteiger charge is -2.04. The maximum atomic E-state index is 13.6. The van der Waals surface area contributed by atoms with E-state index >= 15 is 0 Å². The average Bonchev–Trinajstić information content (AvgIpc) is 2.30. The molecule has 0 radical (unpaired) electrons. The smallest absolute Gasteiger partial charge is 0.306 e. The number of rotatable bonds is 5.